The lowest BCUT2D eigenvalue weighted by Crippen LogP contribution is -2.28. The minimum atomic E-state index is -0.407. The van der Waals surface area contributed by atoms with E-state index in [1.165, 1.54) is 24.4 Å². The highest BCUT2D eigenvalue weighted by atomic mass is 19.1. The van der Waals surface area contributed by atoms with Crippen LogP contribution < -0.4 is 27.4 Å². The Kier molecular flexibility index (Phi) is 8.60. The Hall–Kier alpha value is -5.08. The number of nitrogens with zero attached hydrogens (tertiary/aromatic N) is 4. The molecule has 0 aliphatic rings. The van der Waals surface area contributed by atoms with Crippen LogP contribution in [0.5, 0.6) is 0 Å². The predicted molar refractivity (Wildman–Crippen MR) is 148 cm³/mol. The molecule has 0 saturated heterocycles. The van der Waals surface area contributed by atoms with Gasteiger partial charge in [0.1, 0.15) is 17.7 Å². The van der Waals surface area contributed by atoms with E-state index < -0.39 is 5.91 Å². The van der Waals surface area contributed by atoms with E-state index in [1.54, 1.807) is 25.3 Å². The normalized spacial score (nSPS) is 11.3. The Bertz CT molecular complexity index is 1480. The van der Waals surface area contributed by atoms with Crippen LogP contribution in [-0.4, -0.2) is 33.9 Å². The molecule has 0 unspecified atom stereocenters. The number of hydrogen-bond donors (Lipinski definition) is 5. The number of nitrogens with one attached hydrogen (secondary N) is 3. The third-order valence-corrected chi connectivity index (χ3v) is 5.93. The van der Waals surface area contributed by atoms with Crippen molar-refractivity contribution in [2.24, 2.45) is 5.73 Å². The Morgan fingerprint density at radius 3 is 2.49 bits per heavy atom. The van der Waals surface area contributed by atoms with Crippen molar-refractivity contribution in [3.8, 4) is 17.3 Å². The van der Waals surface area contributed by atoms with Crippen molar-refractivity contribution in [2.75, 3.05) is 29.5 Å². The highest BCUT2D eigenvalue weighted by molar-refractivity contribution is 5.99. The van der Waals surface area contributed by atoms with Crippen molar-refractivity contribution in [2.45, 2.75) is 19.5 Å². The first-order valence-corrected chi connectivity index (χ1v) is 12.2. The summed E-state index contributed by atoms with van der Waals surface area (Å²) >= 11 is 0. The molecule has 198 valence electrons. The van der Waals surface area contributed by atoms with Gasteiger partial charge in [0.25, 0.3) is 5.91 Å². The summed E-state index contributed by atoms with van der Waals surface area (Å²) in [5.74, 6) is 0.357. The molecule has 1 amide bonds. The zero-order chi connectivity index (χ0) is 27.8. The van der Waals surface area contributed by atoms with Crippen LogP contribution in [0.25, 0.3) is 11.3 Å². The van der Waals surface area contributed by atoms with Crippen molar-refractivity contribution >= 4 is 23.4 Å². The van der Waals surface area contributed by atoms with E-state index in [0.717, 1.165) is 16.7 Å². The number of anilines is 3. The van der Waals surface area contributed by atoms with Crippen molar-refractivity contribution < 1.29 is 9.18 Å². The second kappa shape index (κ2) is 12.4. The molecule has 0 spiro atoms. The van der Waals surface area contributed by atoms with Gasteiger partial charge >= 0.3 is 0 Å². The molecule has 0 saturated carbocycles. The van der Waals surface area contributed by atoms with Crippen LogP contribution in [-0.2, 0) is 6.54 Å². The molecule has 11 heteroatoms. The number of halogens is 1. The third-order valence-electron chi connectivity index (χ3n) is 5.93. The molecule has 4 rings (SSSR count). The largest absolute Gasteiger partial charge is 0.381 e. The molecule has 0 bridgehead atoms. The average Bonchev–Trinajstić information content (AvgIpc) is 2.96. The minimum Gasteiger partial charge on any atom is -0.381 e. The highest BCUT2D eigenvalue weighted by Crippen LogP contribution is 2.23. The molecule has 4 aromatic rings. The second-order valence-corrected chi connectivity index (χ2v) is 8.73. The monoisotopic (exact) mass is 525 g/mol. The molecule has 10 nitrogen and oxygen atoms in total. The SMILES string of the molecule is C[C@H](NC(=O)c1cc(C#N)cnc1NCc1ccc(-c2cnc(N)c(NCCN)n2)cc1)c1ccc(F)cc1. The van der Waals surface area contributed by atoms with Gasteiger partial charge in [0.15, 0.2) is 11.6 Å². The van der Waals surface area contributed by atoms with Crippen molar-refractivity contribution in [1.29, 1.82) is 5.26 Å². The summed E-state index contributed by atoms with van der Waals surface area (Å²) < 4.78 is 13.3. The van der Waals surface area contributed by atoms with E-state index in [1.807, 2.05) is 30.3 Å². The molecular formula is C28H28FN9O. The summed E-state index contributed by atoms with van der Waals surface area (Å²) in [6, 6.07) is 16.7. The van der Waals surface area contributed by atoms with E-state index in [-0.39, 0.29) is 23.0 Å². The summed E-state index contributed by atoms with van der Waals surface area (Å²) in [5.41, 5.74) is 15.1. The van der Waals surface area contributed by atoms with Crippen molar-refractivity contribution in [3.63, 3.8) is 0 Å². The maximum absolute atomic E-state index is 13.3. The number of benzene rings is 2. The first-order chi connectivity index (χ1) is 18.9. The Labute approximate surface area is 225 Å². The van der Waals surface area contributed by atoms with E-state index in [2.05, 4.69) is 30.9 Å². The average molecular weight is 526 g/mol. The van der Waals surface area contributed by atoms with Gasteiger partial charge in [-0.2, -0.15) is 5.26 Å². The fraction of sp³-hybridized carbons (Fsp3) is 0.179. The smallest absolute Gasteiger partial charge is 0.255 e. The topological polar surface area (TPSA) is 168 Å². The van der Waals surface area contributed by atoms with Crippen molar-refractivity contribution in [1.82, 2.24) is 20.3 Å². The van der Waals surface area contributed by atoms with Gasteiger partial charge in [0.05, 0.1) is 29.1 Å². The molecule has 1 atom stereocenters. The predicted octanol–water partition coefficient (Wildman–Crippen LogP) is 3.61. The van der Waals surface area contributed by atoms with Crippen molar-refractivity contribution in [3.05, 3.63) is 95.1 Å². The number of pyridine rings is 1. The molecule has 7 N–H and O–H groups in total. The quantitative estimate of drug-likeness (QED) is 0.208. The number of carbonyl (C=O) groups excluding carboxylic acids is 1. The van der Waals surface area contributed by atoms with Crippen LogP contribution in [0, 0.1) is 17.1 Å². The number of nitrogen functional groups attached to an aromatic ring is 1. The summed E-state index contributed by atoms with van der Waals surface area (Å²) in [6.07, 6.45) is 3.01. The summed E-state index contributed by atoms with van der Waals surface area (Å²) in [4.78, 5) is 26.1. The molecule has 2 aromatic heterocycles. The maximum Gasteiger partial charge on any atom is 0.255 e. The highest BCUT2D eigenvalue weighted by Gasteiger charge is 2.17. The van der Waals surface area contributed by atoms with Gasteiger partial charge in [0.2, 0.25) is 0 Å². The van der Waals surface area contributed by atoms with E-state index in [9.17, 15) is 14.4 Å². The summed E-state index contributed by atoms with van der Waals surface area (Å²) in [7, 11) is 0. The number of nitrogens with two attached hydrogens (primary N) is 2. The van der Waals surface area contributed by atoms with Gasteiger partial charge in [-0.1, -0.05) is 36.4 Å². The van der Waals surface area contributed by atoms with Gasteiger partial charge in [-0.3, -0.25) is 4.79 Å². The zero-order valence-corrected chi connectivity index (χ0v) is 21.3. The Morgan fingerprint density at radius 2 is 1.79 bits per heavy atom. The van der Waals surface area contributed by atoms with Gasteiger partial charge in [0, 0.05) is 31.4 Å². The first-order valence-electron chi connectivity index (χ1n) is 12.2. The molecule has 0 fully saturated rings. The molecule has 2 heterocycles. The lowest BCUT2D eigenvalue weighted by Gasteiger charge is -2.16. The van der Waals surface area contributed by atoms with Gasteiger partial charge < -0.3 is 27.4 Å². The Balaban J connectivity index is 1.46. The first kappa shape index (κ1) is 27.0. The van der Waals surface area contributed by atoms with Gasteiger partial charge in [-0.25, -0.2) is 19.3 Å². The minimum absolute atomic E-state index is 0.231. The molecule has 39 heavy (non-hydrogen) atoms. The molecular weight excluding hydrogens is 497 g/mol. The van der Waals surface area contributed by atoms with Crippen LogP contribution in [0.3, 0.4) is 0 Å². The number of amides is 1. The Morgan fingerprint density at radius 1 is 1.05 bits per heavy atom. The summed E-state index contributed by atoms with van der Waals surface area (Å²) in [6.45, 7) is 3.15. The van der Waals surface area contributed by atoms with Gasteiger partial charge in [-0.05, 0) is 36.2 Å². The fourth-order valence-electron chi connectivity index (χ4n) is 3.79. The number of carbonyl (C=O) groups is 1. The standard InChI is InChI=1S/C28H28FN9O/c1-17(20-6-8-22(29)9-7-20)37-28(39)23-12-19(13-31)15-36-26(23)35-14-18-2-4-21(5-3-18)24-16-34-25(32)27(38-24)33-11-10-30/h2-9,12,15-17H,10-11,14,30H2,1H3,(H2,32,34)(H,33,38)(H,35,36)(H,37,39)/t17-/m0/s1. The van der Waals surface area contributed by atoms with Crippen LogP contribution >= 0.6 is 0 Å². The third kappa shape index (κ3) is 6.82. The van der Waals surface area contributed by atoms with Crippen LogP contribution in [0.4, 0.5) is 21.8 Å². The lowest BCUT2D eigenvalue weighted by atomic mass is 10.1. The molecule has 2 aromatic carbocycles. The van der Waals surface area contributed by atoms with Gasteiger partial charge in [-0.15, -0.1) is 0 Å². The molecule has 0 aliphatic carbocycles. The number of nitriles is 1. The van der Waals surface area contributed by atoms with E-state index in [4.69, 9.17) is 11.5 Å². The number of aromatic nitrogens is 3. The van der Waals surface area contributed by atoms with Crippen LogP contribution in [0.2, 0.25) is 0 Å². The number of hydrogen-bond acceptors (Lipinski definition) is 9. The lowest BCUT2D eigenvalue weighted by molar-refractivity contribution is 0.0940. The zero-order valence-electron chi connectivity index (χ0n) is 21.3. The van der Waals surface area contributed by atoms with Crippen LogP contribution in [0.15, 0.2) is 67.0 Å². The summed E-state index contributed by atoms with van der Waals surface area (Å²) in [5, 5.41) is 18.4. The molecule has 0 radical (unpaired) electrons. The van der Waals surface area contributed by atoms with E-state index in [0.29, 0.717) is 42.8 Å². The molecule has 0 aliphatic heterocycles. The van der Waals surface area contributed by atoms with Crippen LogP contribution in [0.1, 0.15) is 40.0 Å². The fourth-order valence-corrected chi connectivity index (χ4v) is 3.79. The second-order valence-electron chi connectivity index (χ2n) is 8.73. The number of rotatable bonds is 10. The maximum atomic E-state index is 13.3. The van der Waals surface area contributed by atoms with E-state index >= 15 is 0 Å².